The van der Waals surface area contributed by atoms with Crippen molar-refractivity contribution < 1.29 is 19.2 Å². The standard InChI is InChI=1S/C18H13N3O5/c22-18(23)13-1-5-14(6-2-13)20-19-11-16-9-10-17(26-16)12-3-7-15(8-4-12)21(24)25/h1-11,20H,(H,22,23). The average Bonchev–Trinajstić information content (AvgIpc) is 3.11. The summed E-state index contributed by atoms with van der Waals surface area (Å²) in [4.78, 5) is 21.0. The maximum absolute atomic E-state index is 10.8. The summed E-state index contributed by atoms with van der Waals surface area (Å²) in [7, 11) is 0. The van der Waals surface area contributed by atoms with E-state index < -0.39 is 10.9 Å². The van der Waals surface area contributed by atoms with E-state index in [4.69, 9.17) is 9.52 Å². The van der Waals surface area contributed by atoms with Gasteiger partial charge in [0, 0.05) is 17.7 Å². The van der Waals surface area contributed by atoms with E-state index in [2.05, 4.69) is 10.5 Å². The zero-order valence-corrected chi connectivity index (χ0v) is 13.3. The molecule has 2 N–H and O–H groups in total. The summed E-state index contributed by atoms with van der Waals surface area (Å²) in [6, 6.07) is 15.7. The first kappa shape index (κ1) is 16.9. The number of hydrazone groups is 1. The lowest BCUT2D eigenvalue weighted by Gasteiger charge is -2.00. The Hall–Kier alpha value is -3.94. The van der Waals surface area contributed by atoms with Crippen molar-refractivity contribution in [1.29, 1.82) is 0 Å². The summed E-state index contributed by atoms with van der Waals surface area (Å²) in [5.74, 6) is 0.0644. The van der Waals surface area contributed by atoms with Crippen LogP contribution in [0.2, 0.25) is 0 Å². The molecule has 0 bridgehead atoms. The van der Waals surface area contributed by atoms with Gasteiger partial charge in [-0.15, -0.1) is 0 Å². The quantitative estimate of drug-likeness (QED) is 0.394. The maximum Gasteiger partial charge on any atom is 0.335 e. The molecule has 1 aromatic heterocycles. The van der Waals surface area contributed by atoms with Gasteiger partial charge in [-0.2, -0.15) is 5.10 Å². The van der Waals surface area contributed by atoms with E-state index in [1.165, 1.54) is 30.5 Å². The van der Waals surface area contributed by atoms with Crippen LogP contribution in [0.5, 0.6) is 0 Å². The van der Waals surface area contributed by atoms with Crippen LogP contribution in [0.3, 0.4) is 0 Å². The number of rotatable bonds is 6. The molecule has 26 heavy (non-hydrogen) atoms. The third-order valence-corrected chi connectivity index (χ3v) is 3.51. The number of nitro groups is 1. The van der Waals surface area contributed by atoms with E-state index in [9.17, 15) is 14.9 Å². The Bertz CT molecular complexity index is 959. The van der Waals surface area contributed by atoms with E-state index in [0.717, 1.165) is 0 Å². The fourth-order valence-corrected chi connectivity index (χ4v) is 2.18. The number of furan rings is 1. The molecule has 8 heteroatoms. The molecule has 0 aliphatic heterocycles. The molecular weight excluding hydrogens is 338 g/mol. The highest BCUT2D eigenvalue weighted by Crippen LogP contribution is 2.24. The third kappa shape index (κ3) is 3.93. The summed E-state index contributed by atoms with van der Waals surface area (Å²) >= 11 is 0. The van der Waals surface area contributed by atoms with E-state index in [-0.39, 0.29) is 11.3 Å². The minimum Gasteiger partial charge on any atom is -0.478 e. The van der Waals surface area contributed by atoms with Crippen LogP contribution in [0, 0.1) is 10.1 Å². The summed E-state index contributed by atoms with van der Waals surface area (Å²) in [5, 5.41) is 23.5. The monoisotopic (exact) mass is 351 g/mol. The molecule has 1 heterocycles. The number of anilines is 1. The van der Waals surface area contributed by atoms with Crippen LogP contribution < -0.4 is 5.43 Å². The molecule has 130 valence electrons. The molecule has 3 aromatic rings. The zero-order valence-electron chi connectivity index (χ0n) is 13.3. The van der Waals surface area contributed by atoms with Gasteiger partial charge in [-0.3, -0.25) is 15.5 Å². The molecule has 3 rings (SSSR count). The van der Waals surface area contributed by atoms with E-state index in [1.54, 1.807) is 36.4 Å². The predicted octanol–water partition coefficient (Wildman–Crippen LogP) is 4.00. The largest absolute Gasteiger partial charge is 0.478 e. The zero-order chi connectivity index (χ0) is 18.5. The number of nitrogens with one attached hydrogen (secondary N) is 1. The van der Waals surface area contributed by atoms with E-state index in [0.29, 0.717) is 22.8 Å². The van der Waals surface area contributed by atoms with Gasteiger partial charge in [-0.25, -0.2) is 4.79 Å². The van der Waals surface area contributed by atoms with E-state index in [1.807, 2.05) is 0 Å². The molecule has 0 atom stereocenters. The first-order valence-electron chi connectivity index (χ1n) is 7.50. The van der Waals surface area contributed by atoms with Crippen molar-refractivity contribution in [3.63, 3.8) is 0 Å². The van der Waals surface area contributed by atoms with Gasteiger partial charge in [0.25, 0.3) is 5.69 Å². The van der Waals surface area contributed by atoms with Crippen molar-refractivity contribution in [1.82, 2.24) is 0 Å². The summed E-state index contributed by atoms with van der Waals surface area (Å²) in [6.45, 7) is 0. The first-order chi connectivity index (χ1) is 12.5. The van der Waals surface area contributed by atoms with Gasteiger partial charge in [0.2, 0.25) is 0 Å². The van der Waals surface area contributed by atoms with Crippen molar-refractivity contribution in [3.05, 3.63) is 82.1 Å². The fourth-order valence-electron chi connectivity index (χ4n) is 2.18. The van der Waals surface area contributed by atoms with Crippen LogP contribution >= 0.6 is 0 Å². The Morgan fingerprint density at radius 2 is 1.77 bits per heavy atom. The molecule has 0 amide bonds. The second kappa shape index (κ2) is 7.31. The lowest BCUT2D eigenvalue weighted by atomic mass is 10.1. The van der Waals surface area contributed by atoms with Gasteiger partial charge >= 0.3 is 5.97 Å². The Balaban J connectivity index is 1.65. The van der Waals surface area contributed by atoms with Gasteiger partial charge < -0.3 is 9.52 Å². The SMILES string of the molecule is O=C(O)c1ccc(NN=Cc2ccc(-c3ccc([N+](=O)[O-])cc3)o2)cc1. The van der Waals surface area contributed by atoms with Crippen molar-refractivity contribution in [2.75, 3.05) is 5.43 Å². The molecule has 0 unspecified atom stereocenters. The highest BCUT2D eigenvalue weighted by Gasteiger charge is 2.08. The van der Waals surface area contributed by atoms with Crippen molar-refractivity contribution in [3.8, 4) is 11.3 Å². The first-order valence-corrected chi connectivity index (χ1v) is 7.50. The number of non-ortho nitro benzene ring substituents is 1. The second-order valence-corrected chi connectivity index (χ2v) is 5.26. The van der Waals surface area contributed by atoms with Crippen LogP contribution in [0.25, 0.3) is 11.3 Å². The van der Waals surface area contributed by atoms with Crippen molar-refractivity contribution >= 4 is 23.6 Å². The summed E-state index contributed by atoms with van der Waals surface area (Å²) in [6.07, 6.45) is 1.47. The Morgan fingerprint density at radius 1 is 1.08 bits per heavy atom. The molecular formula is C18H13N3O5. The summed E-state index contributed by atoms with van der Waals surface area (Å²) < 4.78 is 5.62. The van der Waals surface area contributed by atoms with Crippen LogP contribution in [0.15, 0.2) is 70.2 Å². The smallest absolute Gasteiger partial charge is 0.335 e. The van der Waals surface area contributed by atoms with Gasteiger partial charge in [0.15, 0.2) is 0 Å². The minimum absolute atomic E-state index is 0.0141. The minimum atomic E-state index is -0.991. The molecule has 0 aliphatic carbocycles. The number of hydrogen-bond acceptors (Lipinski definition) is 6. The Morgan fingerprint density at radius 3 is 2.38 bits per heavy atom. The molecule has 0 saturated heterocycles. The van der Waals surface area contributed by atoms with Crippen LogP contribution in [-0.4, -0.2) is 22.2 Å². The molecule has 0 fully saturated rings. The topological polar surface area (TPSA) is 118 Å². The van der Waals surface area contributed by atoms with E-state index >= 15 is 0 Å². The van der Waals surface area contributed by atoms with Gasteiger partial charge in [-0.05, 0) is 48.5 Å². The molecule has 0 aliphatic rings. The van der Waals surface area contributed by atoms with Gasteiger partial charge in [-0.1, -0.05) is 0 Å². The fraction of sp³-hybridized carbons (Fsp3) is 0. The third-order valence-electron chi connectivity index (χ3n) is 3.51. The van der Waals surface area contributed by atoms with Crippen LogP contribution in [0.4, 0.5) is 11.4 Å². The lowest BCUT2D eigenvalue weighted by molar-refractivity contribution is -0.384. The Kier molecular flexibility index (Phi) is 4.75. The number of carboxylic acids is 1. The number of nitrogens with zero attached hydrogens (tertiary/aromatic N) is 2. The molecule has 2 aromatic carbocycles. The predicted molar refractivity (Wildman–Crippen MR) is 95.4 cm³/mol. The lowest BCUT2D eigenvalue weighted by Crippen LogP contribution is -1.96. The molecule has 0 radical (unpaired) electrons. The number of hydrogen-bond donors (Lipinski definition) is 2. The highest BCUT2D eigenvalue weighted by atomic mass is 16.6. The number of carbonyl (C=O) groups is 1. The van der Waals surface area contributed by atoms with Crippen LogP contribution in [-0.2, 0) is 0 Å². The number of nitro benzene ring substituents is 1. The highest BCUT2D eigenvalue weighted by molar-refractivity contribution is 5.88. The number of aromatic carboxylic acids is 1. The molecule has 8 nitrogen and oxygen atoms in total. The Labute approximate surface area is 147 Å². The number of carboxylic acid groups (broad SMARTS) is 1. The molecule has 0 spiro atoms. The van der Waals surface area contributed by atoms with Gasteiger partial charge in [0.05, 0.1) is 22.4 Å². The van der Waals surface area contributed by atoms with Crippen molar-refractivity contribution in [2.45, 2.75) is 0 Å². The number of benzene rings is 2. The maximum atomic E-state index is 10.8. The second-order valence-electron chi connectivity index (χ2n) is 5.26. The normalized spacial score (nSPS) is 10.8. The molecule has 0 saturated carbocycles. The summed E-state index contributed by atoms with van der Waals surface area (Å²) in [5.41, 5.74) is 4.32. The van der Waals surface area contributed by atoms with Crippen molar-refractivity contribution in [2.24, 2.45) is 5.10 Å². The van der Waals surface area contributed by atoms with Gasteiger partial charge in [0.1, 0.15) is 11.5 Å². The van der Waals surface area contributed by atoms with Crippen LogP contribution in [0.1, 0.15) is 16.1 Å². The average molecular weight is 351 g/mol.